The van der Waals surface area contributed by atoms with E-state index in [-0.39, 0.29) is 12.4 Å². The minimum absolute atomic E-state index is 0. The van der Waals surface area contributed by atoms with Crippen LogP contribution in [0.3, 0.4) is 0 Å². The molecule has 1 saturated heterocycles. The smallest absolute Gasteiger partial charge is 0.335 e. The molecule has 1 N–H and O–H groups in total. The van der Waals surface area contributed by atoms with Crippen molar-refractivity contribution in [2.24, 2.45) is 5.92 Å². The largest absolute Gasteiger partial charge is 0.478 e. The van der Waals surface area contributed by atoms with Crippen LogP contribution in [-0.2, 0) is 0 Å². The number of fused-ring (bicyclic) bond motifs is 3. The van der Waals surface area contributed by atoms with Gasteiger partial charge in [-0.05, 0) is 61.2 Å². The highest BCUT2D eigenvalue weighted by molar-refractivity contribution is 5.87. The average Bonchev–Trinajstić information content (AvgIpc) is 2.94. The number of benzene rings is 2. The van der Waals surface area contributed by atoms with E-state index in [0.29, 0.717) is 23.3 Å². The van der Waals surface area contributed by atoms with Crippen LogP contribution in [0.5, 0.6) is 0 Å². The number of halogens is 1. The molecule has 1 aliphatic carbocycles. The standard InChI is InChI=1S/C22H25NO2.ClH/c1-3-23-11-10-18-20(13-23)17-9-4-14(2)12-19(17)21(18)15-5-7-16(8-6-15)22(24)25;/h4-9,12,18,20-21H,3,10-11,13H2,1-2H3,(H,24,25);1H. The Labute approximate surface area is 161 Å². The number of hydrogen-bond donors (Lipinski definition) is 1. The molecule has 0 aromatic heterocycles. The zero-order valence-corrected chi connectivity index (χ0v) is 16.1. The summed E-state index contributed by atoms with van der Waals surface area (Å²) in [5.74, 6) is 0.744. The van der Waals surface area contributed by atoms with E-state index in [1.54, 1.807) is 12.1 Å². The predicted molar refractivity (Wildman–Crippen MR) is 107 cm³/mol. The lowest BCUT2D eigenvalue weighted by molar-refractivity contribution is 0.0697. The van der Waals surface area contributed by atoms with Gasteiger partial charge in [0.25, 0.3) is 0 Å². The number of piperidine rings is 1. The van der Waals surface area contributed by atoms with Crippen molar-refractivity contribution in [2.45, 2.75) is 32.1 Å². The third-order valence-corrected chi connectivity index (χ3v) is 6.12. The summed E-state index contributed by atoms with van der Waals surface area (Å²) in [5.41, 5.74) is 5.88. The number of rotatable bonds is 3. The number of likely N-dealkylation sites (N-methyl/N-ethyl adjacent to an activating group) is 1. The topological polar surface area (TPSA) is 40.5 Å². The molecule has 138 valence electrons. The first-order chi connectivity index (χ1) is 12.1. The first kappa shape index (κ1) is 18.9. The fourth-order valence-corrected chi connectivity index (χ4v) is 4.84. The van der Waals surface area contributed by atoms with Gasteiger partial charge in [-0.1, -0.05) is 42.8 Å². The van der Waals surface area contributed by atoms with Crippen LogP contribution in [0.4, 0.5) is 0 Å². The van der Waals surface area contributed by atoms with Gasteiger partial charge >= 0.3 is 5.97 Å². The van der Waals surface area contributed by atoms with Crippen LogP contribution in [-0.4, -0.2) is 35.6 Å². The number of aromatic carboxylic acids is 1. The number of carbonyl (C=O) groups is 1. The summed E-state index contributed by atoms with van der Waals surface area (Å²) in [4.78, 5) is 13.7. The number of nitrogens with zero attached hydrogens (tertiary/aromatic N) is 1. The van der Waals surface area contributed by atoms with Crippen molar-refractivity contribution >= 4 is 18.4 Å². The minimum atomic E-state index is -0.858. The Morgan fingerprint density at radius 1 is 1.15 bits per heavy atom. The van der Waals surface area contributed by atoms with E-state index in [9.17, 15) is 9.90 Å². The van der Waals surface area contributed by atoms with Crippen molar-refractivity contribution < 1.29 is 9.90 Å². The molecule has 0 spiro atoms. The number of carboxylic acids is 1. The van der Waals surface area contributed by atoms with Crippen molar-refractivity contribution in [2.75, 3.05) is 19.6 Å². The zero-order valence-electron chi connectivity index (χ0n) is 15.3. The van der Waals surface area contributed by atoms with Gasteiger partial charge in [0.15, 0.2) is 0 Å². The second-order valence-electron chi connectivity index (χ2n) is 7.49. The summed E-state index contributed by atoms with van der Waals surface area (Å²) in [6.07, 6.45) is 1.21. The maximum atomic E-state index is 11.2. The Morgan fingerprint density at radius 2 is 1.88 bits per heavy atom. The van der Waals surface area contributed by atoms with Crippen molar-refractivity contribution in [1.82, 2.24) is 4.90 Å². The summed E-state index contributed by atoms with van der Waals surface area (Å²) >= 11 is 0. The first-order valence-electron chi connectivity index (χ1n) is 9.24. The predicted octanol–water partition coefficient (Wildman–Crippen LogP) is 4.69. The van der Waals surface area contributed by atoms with Gasteiger partial charge in [0, 0.05) is 18.4 Å². The molecule has 3 unspecified atom stereocenters. The second-order valence-corrected chi connectivity index (χ2v) is 7.49. The Kier molecular flexibility index (Phi) is 5.40. The molecule has 1 aliphatic heterocycles. The van der Waals surface area contributed by atoms with Gasteiger partial charge in [0.05, 0.1) is 5.56 Å². The molecule has 0 saturated carbocycles. The van der Waals surface area contributed by atoms with Gasteiger partial charge in [-0.15, -0.1) is 12.4 Å². The lowest BCUT2D eigenvalue weighted by Gasteiger charge is -2.37. The molecule has 3 atom stereocenters. The van der Waals surface area contributed by atoms with Crippen LogP contribution in [0.15, 0.2) is 42.5 Å². The molecule has 3 nitrogen and oxygen atoms in total. The summed E-state index contributed by atoms with van der Waals surface area (Å²) in [6, 6.07) is 14.5. The minimum Gasteiger partial charge on any atom is -0.478 e. The van der Waals surface area contributed by atoms with E-state index in [2.05, 4.69) is 36.9 Å². The van der Waals surface area contributed by atoms with E-state index >= 15 is 0 Å². The molecule has 2 aliphatic rings. The van der Waals surface area contributed by atoms with E-state index < -0.39 is 5.97 Å². The van der Waals surface area contributed by atoms with Crippen LogP contribution in [0.1, 0.15) is 57.8 Å². The second kappa shape index (κ2) is 7.42. The SMILES string of the molecule is CCN1CCC2C(C1)c1ccc(C)cc1C2c1ccc(C(=O)O)cc1.Cl. The van der Waals surface area contributed by atoms with E-state index in [1.807, 2.05) is 12.1 Å². The third kappa shape index (κ3) is 3.15. The molecule has 2 aromatic rings. The number of aryl methyl sites for hydroxylation is 1. The monoisotopic (exact) mass is 371 g/mol. The van der Waals surface area contributed by atoms with Crippen LogP contribution in [0, 0.1) is 12.8 Å². The molecule has 4 rings (SSSR count). The highest BCUT2D eigenvalue weighted by atomic mass is 35.5. The van der Waals surface area contributed by atoms with Gasteiger partial charge < -0.3 is 10.0 Å². The van der Waals surface area contributed by atoms with Crippen LogP contribution < -0.4 is 0 Å². The lowest BCUT2D eigenvalue weighted by Crippen LogP contribution is -2.38. The van der Waals surface area contributed by atoms with Crippen LogP contribution in [0.2, 0.25) is 0 Å². The average molecular weight is 372 g/mol. The van der Waals surface area contributed by atoms with Gasteiger partial charge in [-0.3, -0.25) is 0 Å². The number of likely N-dealkylation sites (tertiary alicyclic amines) is 1. The quantitative estimate of drug-likeness (QED) is 0.851. The van der Waals surface area contributed by atoms with Crippen LogP contribution >= 0.6 is 12.4 Å². The molecule has 0 amide bonds. The summed E-state index contributed by atoms with van der Waals surface area (Å²) in [7, 11) is 0. The normalized spacial score (nSPS) is 24.5. The fraction of sp³-hybridized carbons (Fsp3) is 0.409. The van der Waals surface area contributed by atoms with E-state index in [1.165, 1.54) is 28.7 Å². The van der Waals surface area contributed by atoms with Crippen molar-refractivity contribution in [1.29, 1.82) is 0 Å². The lowest BCUT2D eigenvalue weighted by atomic mass is 9.78. The Balaban J connectivity index is 0.00000196. The maximum Gasteiger partial charge on any atom is 0.335 e. The summed E-state index contributed by atoms with van der Waals surface area (Å²) < 4.78 is 0. The van der Waals surface area contributed by atoms with Crippen LogP contribution in [0.25, 0.3) is 0 Å². The molecule has 1 fully saturated rings. The maximum absolute atomic E-state index is 11.2. The van der Waals surface area contributed by atoms with E-state index in [0.717, 1.165) is 19.6 Å². The van der Waals surface area contributed by atoms with Gasteiger partial charge in [-0.25, -0.2) is 4.79 Å². The van der Waals surface area contributed by atoms with Crippen molar-refractivity contribution in [3.05, 3.63) is 70.3 Å². The van der Waals surface area contributed by atoms with Gasteiger partial charge in [-0.2, -0.15) is 0 Å². The summed E-state index contributed by atoms with van der Waals surface area (Å²) in [6.45, 7) is 7.82. The van der Waals surface area contributed by atoms with Crippen molar-refractivity contribution in [3.8, 4) is 0 Å². The Morgan fingerprint density at radius 3 is 2.54 bits per heavy atom. The molecule has 0 radical (unpaired) electrons. The molecular formula is C22H26ClNO2. The van der Waals surface area contributed by atoms with Gasteiger partial charge in [0.2, 0.25) is 0 Å². The molecule has 1 heterocycles. The zero-order chi connectivity index (χ0) is 17.6. The Hall–Kier alpha value is -1.84. The third-order valence-electron chi connectivity index (χ3n) is 6.12. The van der Waals surface area contributed by atoms with E-state index in [4.69, 9.17) is 0 Å². The fourth-order valence-electron chi connectivity index (χ4n) is 4.84. The highest BCUT2D eigenvalue weighted by Crippen LogP contribution is 2.53. The highest BCUT2D eigenvalue weighted by Gasteiger charge is 2.43. The first-order valence-corrected chi connectivity index (χ1v) is 9.24. The van der Waals surface area contributed by atoms with Crippen molar-refractivity contribution in [3.63, 3.8) is 0 Å². The molecule has 0 bridgehead atoms. The molecule has 26 heavy (non-hydrogen) atoms. The van der Waals surface area contributed by atoms with Gasteiger partial charge in [0.1, 0.15) is 0 Å². The molecular weight excluding hydrogens is 346 g/mol. The number of hydrogen-bond acceptors (Lipinski definition) is 2. The molecule has 2 aromatic carbocycles. The summed E-state index contributed by atoms with van der Waals surface area (Å²) in [5, 5.41) is 9.17. The molecule has 4 heteroatoms. The number of carboxylic acid groups (broad SMARTS) is 1. The Bertz CT molecular complexity index is 802.